The maximum Gasteiger partial charge on any atom is 0.191 e. The highest BCUT2D eigenvalue weighted by Crippen LogP contribution is 2.28. The van der Waals surface area contributed by atoms with Crippen LogP contribution in [0.4, 0.5) is 0 Å². The zero-order chi connectivity index (χ0) is 20.2. The number of methoxy groups -OCH3 is 1. The summed E-state index contributed by atoms with van der Waals surface area (Å²) in [5.74, 6) is 2.57. The van der Waals surface area contributed by atoms with E-state index in [-0.39, 0.29) is 0 Å². The Bertz CT molecular complexity index is 1100. The van der Waals surface area contributed by atoms with Crippen LogP contribution in [0.25, 0.3) is 10.6 Å². The highest BCUT2D eigenvalue weighted by Gasteiger charge is 2.12. The molecule has 0 spiro atoms. The van der Waals surface area contributed by atoms with Crippen molar-refractivity contribution in [2.75, 3.05) is 7.11 Å². The Morgan fingerprint density at radius 3 is 2.69 bits per heavy atom. The van der Waals surface area contributed by atoms with Crippen molar-refractivity contribution in [3.05, 3.63) is 76.6 Å². The summed E-state index contributed by atoms with van der Waals surface area (Å²) < 4.78 is 7.27. The van der Waals surface area contributed by atoms with E-state index in [1.165, 1.54) is 16.7 Å². The fraction of sp³-hybridized carbons (Fsp3) is 0.227. The highest BCUT2D eigenvalue weighted by molar-refractivity contribution is 7.98. The number of hydrogen-bond acceptors (Lipinski definition) is 6. The van der Waals surface area contributed by atoms with Gasteiger partial charge in [-0.15, -0.1) is 21.5 Å². The number of rotatable bonds is 7. The number of thiazole rings is 1. The molecule has 0 aliphatic rings. The number of aryl methyl sites for hydroxylation is 1. The number of thioether (sulfide) groups is 1. The minimum Gasteiger partial charge on any atom is -0.497 e. The first-order valence-corrected chi connectivity index (χ1v) is 11.1. The van der Waals surface area contributed by atoms with Gasteiger partial charge in [0.25, 0.3) is 0 Å². The fourth-order valence-electron chi connectivity index (χ4n) is 2.97. The van der Waals surface area contributed by atoms with Crippen molar-refractivity contribution in [2.24, 2.45) is 7.05 Å². The molecule has 0 saturated heterocycles. The van der Waals surface area contributed by atoms with Crippen molar-refractivity contribution in [2.45, 2.75) is 24.3 Å². The molecule has 0 unspecified atom stereocenters. The first kappa shape index (κ1) is 19.7. The Labute approximate surface area is 178 Å². The van der Waals surface area contributed by atoms with Crippen molar-refractivity contribution in [1.29, 1.82) is 0 Å². The molecule has 148 valence electrons. The number of benzene rings is 2. The van der Waals surface area contributed by atoms with Gasteiger partial charge in [0, 0.05) is 30.2 Å². The number of aromatic nitrogens is 4. The smallest absolute Gasteiger partial charge is 0.191 e. The summed E-state index contributed by atoms with van der Waals surface area (Å²) in [4.78, 5) is 4.79. The molecule has 0 saturated carbocycles. The third-order valence-electron chi connectivity index (χ3n) is 4.61. The summed E-state index contributed by atoms with van der Waals surface area (Å²) >= 11 is 3.35. The maximum absolute atomic E-state index is 5.22. The molecule has 4 rings (SSSR count). The largest absolute Gasteiger partial charge is 0.497 e. The molecule has 0 aliphatic carbocycles. The van der Waals surface area contributed by atoms with E-state index in [4.69, 9.17) is 9.72 Å². The second-order valence-electron chi connectivity index (χ2n) is 6.78. The van der Waals surface area contributed by atoms with E-state index in [1.54, 1.807) is 30.2 Å². The number of ether oxygens (including phenoxy) is 1. The standard InChI is InChI=1S/C22H22N4OS2/c1-15-5-4-6-17(11-15)21-23-18(13-28-21)14-29-22-25-24-20(26(22)2)12-16-7-9-19(27-3)10-8-16/h4-11,13H,12,14H2,1-3H3. The van der Waals surface area contributed by atoms with Crippen LogP contribution in [0.1, 0.15) is 22.6 Å². The van der Waals surface area contributed by atoms with Gasteiger partial charge in [0.1, 0.15) is 16.6 Å². The first-order chi connectivity index (χ1) is 14.1. The average Bonchev–Trinajstić information content (AvgIpc) is 3.34. The molecule has 0 amide bonds. The molecule has 2 aromatic heterocycles. The molecule has 2 aromatic carbocycles. The summed E-state index contributed by atoms with van der Waals surface area (Å²) in [7, 11) is 3.69. The second-order valence-corrected chi connectivity index (χ2v) is 8.59. The first-order valence-electron chi connectivity index (χ1n) is 9.28. The number of nitrogens with zero attached hydrogens (tertiary/aromatic N) is 4. The molecule has 29 heavy (non-hydrogen) atoms. The lowest BCUT2D eigenvalue weighted by Gasteiger charge is -2.05. The number of hydrogen-bond donors (Lipinski definition) is 0. The SMILES string of the molecule is COc1ccc(Cc2nnc(SCc3csc(-c4cccc(C)c4)n3)n2C)cc1. The van der Waals surface area contributed by atoms with E-state index < -0.39 is 0 Å². The monoisotopic (exact) mass is 422 g/mol. The van der Waals surface area contributed by atoms with Crippen molar-refractivity contribution in [3.8, 4) is 16.3 Å². The molecule has 0 aliphatic heterocycles. The third kappa shape index (κ3) is 4.68. The quantitative estimate of drug-likeness (QED) is 0.386. The van der Waals surface area contributed by atoms with Crippen LogP contribution in [0.15, 0.2) is 59.1 Å². The van der Waals surface area contributed by atoms with Gasteiger partial charge in [-0.05, 0) is 30.7 Å². The van der Waals surface area contributed by atoms with E-state index >= 15 is 0 Å². The van der Waals surface area contributed by atoms with E-state index in [9.17, 15) is 0 Å². The minimum absolute atomic E-state index is 0.738. The molecule has 4 aromatic rings. The van der Waals surface area contributed by atoms with Gasteiger partial charge in [-0.1, -0.05) is 47.7 Å². The van der Waals surface area contributed by atoms with Crippen molar-refractivity contribution in [1.82, 2.24) is 19.7 Å². The normalized spacial score (nSPS) is 11.0. The van der Waals surface area contributed by atoms with Crippen LogP contribution >= 0.6 is 23.1 Å². The van der Waals surface area contributed by atoms with Crippen molar-refractivity contribution in [3.63, 3.8) is 0 Å². The van der Waals surface area contributed by atoms with Crippen LogP contribution < -0.4 is 4.74 Å². The molecule has 0 bridgehead atoms. The molecule has 0 atom stereocenters. The molecule has 5 nitrogen and oxygen atoms in total. The van der Waals surface area contributed by atoms with Crippen LogP contribution in [-0.4, -0.2) is 26.9 Å². The van der Waals surface area contributed by atoms with Crippen LogP contribution in [0, 0.1) is 6.92 Å². The van der Waals surface area contributed by atoms with Gasteiger partial charge in [-0.25, -0.2) is 4.98 Å². The van der Waals surface area contributed by atoms with E-state index in [2.05, 4.69) is 63.5 Å². The van der Waals surface area contributed by atoms with Crippen molar-refractivity contribution >= 4 is 23.1 Å². The van der Waals surface area contributed by atoms with Gasteiger partial charge in [0.05, 0.1) is 12.8 Å². The lowest BCUT2D eigenvalue weighted by molar-refractivity contribution is 0.414. The topological polar surface area (TPSA) is 52.8 Å². The molecule has 0 fully saturated rings. The molecule has 0 N–H and O–H groups in total. The Hall–Kier alpha value is -2.64. The van der Waals surface area contributed by atoms with Crippen LogP contribution in [0.5, 0.6) is 5.75 Å². The minimum atomic E-state index is 0.738. The summed E-state index contributed by atoms with van der Waals surface area (Å²) in [5.41, 5.74) is 4.67. The lowest BCUT2D eigenvalue weighted by Crippen LogP contribution is -2.00. The van der Waals surface area contributed by atoms with Gasteiger partial charge in [0.15, 0.2) is 5.16 Å². The Kier molecular flexibility index (Phi) is 5.97. The zero-order valence-electron chi connectivity index (χ0n) is 16.6. The van der Waals surface area contributed by atoms with E-state index in [0.717, 1.165) is 39.6 Å². The van der Waals surface area contributed by atoms with Gasteiger partial charge in [-0.3, -0.25) is 0 Å². The van der Waals surface area contributed by atoms with Crippen LogP contribution in [-0.2, 0) is 19.2 Å². The molecule has 7 heteroatoms. The molecular formula is C22H22N4OS2. The molecule has 0 radical (unpaired) electrons. The summed E-state index contributed by atoms with van der Waals surface area (Å²) in [5, 5.41) is 12.8. The lowest BCUT2D eigenvalue weighted by atomic mass is 10.1. The Balaban J connectivity index is 1.40. The van der Waals surface area contributed by atoms with Crippen LogP contribution in [0.3, 0.4) is 0 Å². The van der Waals surface area contributed by atoms with E-state index in [1.807, 2.05) is 19.2 Å². The fourth-order valence-corrected chi connectivity index (χ4v) is 4.72. The predicted octanol–water partition coefficient (Wildman–Crippen LogP) is 5.14. The summed E-state index contributed by atoms with van der Waals surface area (Å²) in [6.45, 7) is 2.10. The summed E-state index contributed by atoms with van der Waals surface area (Å²) in [6.07, 6.45) is 0.738. The highest BCUT2D eigenvalue weighted by atomic mass is 32.2. The Morgan fingerprint density at radius 2 is 1.93 bits per heavy atom. The molecule has 2 heterocycles. The van der Waals surface area contributed by atoms with Crippen LogP contribution in [0.2, 0.25) is 0 Å². The molecular weight excluding hydrogens is 400 g/mol. The third-order valence-corrected chi connectivity index (χ3v) is 6.61. The Morgan fingerprint density at radius 1 is 1.10 bits per heavy atom. The average molecular weight is 423 g/mol. The second kappa shape index (κ2) is 8.80. The van der Waals surface area contributed by atoms with Gasteiger partial charge >= 0.3 is 0 Å². The van der Waals surface area contributed by atoms with Crippen molar-refractivity contribution < 1.29 is 4.74 Å². The predicted molar refractivity (Wildman–Crippen MR) is 119 cm³/mol. The summed E-state index contributed by atoms with van der Waals surface area (Å²) in [6, 6.07) is 16.5. The maximum atomic E-state index is 5.22. The van der Waals surface area contributed by atoms with Gasteiger partial charge < -0.3 is 9.30 Å². The van der Waals surface area contributed by atoms with E-state index in [0.29, 0.717) is 0 Å². The zero-order valence-corrected chi connectivity index (χ0v) is 18.3. The van der Waals surface area contributed by atoms with Gasteiger partial charge in [-0.2, -0.15) is 0 Å². The van der Waals surface area contributed by atoms with Gasteiger partial charge in [0.2, 0.25) is 0 Å².